The van der Waals surface area contributed by atoms with Crippen molar-refractivity contribution in [2.24, 2.45) is 5.92 Å². The van der Waals surface area contributed by atoms with Crippen molar-refractivity contribution in [3.05, 3.63) is 123 Å². The van der Waals surface area contributed by atoms with E-state index in [1.54, 1.807) is 11.0 Å². The van der Waals surface area contributed by atoms with Gasteiger partial charge in [-0.3, -0.25) is 19.4 Å². The predicted molar refractivity (Wildman–Crippen MR) is 287 cm³/mol. The van der Waals surface area contributed by atoms with Crippen LogP contribution in [0, 0.1) is 17.2 Å². The molecule has 0 radical (unpaired) electrons. The van der Waals surface area contributed by atoms with Crippen LogP contribution in [0.2, 0.25) is 5.02 Å². The number of aromatic hydroxyl groups is 2. The number of phenolic OH excluding ortho intramolecular Hbond substituents is 2. The van der Waals surface area contributed by atoms with Crippen molar-refractivity contribution in [1.29, 1.82) is 5.26 Å². The fourth-order valence-electron chi connectivity index (χ4n) is 11.4. The van der Waals surface area contributed by atoms with Crippen molar-refractivity contribution in [2.45, 2.75) is 83.1 Å². The van der Waals surface area contributed by atoms with Crippen LogP contribution in [0.1, 0.15) is 67.8 Å². The van der Waals surface area contributed by atoms with Crippen molar-refractivity contribution >= 4 is 45.7 Å². The third-order valence-corrected chi connectivity index (χ3v) is 15.8. The van der Waals surface area contributed by atoms with E-state index in [4.69, 9.17) is 26.3 Å². The number of anilines is 2. The zero-order valence-corrected chi connectivity index (χ0v) is 43.3. The van der Waals surface area contributed by atoms with Crippen molar-refractivity contribution < 1.29 is 24.5 Å². The van der Waals surface area contributed by atoms with E-state index in [0.717, 1.165) is 71.6 Å². The number of carbonyl (C=O) groups is 2. The number of nitriles is 1. The van der Waals surface area contributed by atoms with Crippen LogP contribution in [-0.2, 0) is 29.1 Å². The summed E-state index contributed by atoms with van der Waals surface area (Å²) in [7, 11) is 2.05. The first-order valence-corrected chi connectivity index (χ1v) is 26.2. The van der Waals surface area contributed by atoms with E-state index in [1.807, 2.05) is 63.4 Å². The molecule has 4 N–H and O–H groups in total. The summed E-state index contributed by atoms with van der Waals surface area (Å²) in [5, 5.41) is 43.7. The van der Waals surface area contributed by atoms with Crippen molar-refractivity contribution in [3.8, 4) is 40.7 Å². The number of nitrogens with zero attached hydrogens (tertiary/aromatic N) is 10. The molecule has 6 heterocycles. The van der Waals surface area contributed by atoms with Gasteiger partial charge < -0.3 is 35.0 Å². The molecule has 3 saturated heterocycles. The second kappa shape index (κ2) is 21.8. The number of aromatic nitrogens is 5. The Bertz CT molecular complexity index is 3210. The smallest absolute Gasteiger partial charge is 0.348 e. The third-order valence-electron chi connectivity index (χ3n) is 15.4. The Morgan fingerprint density at radius 1 is 0.973 bits per heavy atom. The molecule has 18 nitrogen and oxygen atoms in total. The second-order valence-corrected chi connectivity index (χ2v) is 21.0. The first-order chi connectivity index (χ1) is 36.3. The van der Waals surface area contributed by atoms with E-state index in [9.17, 15) is 29.9 Å². The monoisotopic (exact) mass is 1030 g/mol. The summed E-state index contributed by atoms with van der Waals surface area (Å²) in [5.74, 6) is 0.578. The number of rotatable bonds is 14. The number of likely N-dealkylation sites (N-methyl/N-ethyl adjacent to an activating group) is 1. The molecule has 2 amide bonds. The molecule has 75 heavy (non-hydrogen) atoms. The van der Waals surface area contributed by atoms with Crippen LogP contribution in [0.5, 0.6) is 17.5 Å². The Hall–Kier alpha value is -7.46. The van der Waals surface area contributed by atoms with Gasteiger partial charge in [0, 0.05) is 80.0 Å². The number of aromatic amines is 1. The van der Waals surface area contributed by atoms with Crippen LogP contribution in [0.15, 0.2) is 90.2 Å². The second-order valence-electron chi connectivity index (χ2n) is 20.6. The number of hydrogen-bond donors (Lipinski definition) is 4. The minimum atomic E-state index is -0.449. The number of fused-ring (bicyclic) bond motifs is 2. The van der Waals surface area contributed by atoms with Gasteiger partial charge in [-0.25, -0.2) is 14.5 Å². The average molecular weight is 1040 g/mol. The Morgan fingerprint density at radius 3 is 2.49 bits per heavy atom. The van der Waals surface area contributed by atoms with Crippen LogP contribution in [0.3, 0.4) is 0 Å². The molecular weight excluding hydrogens is 972 g/mol. The van der Waals surface area contributed by atoms with E-state index in [-0.39, 0.29) is 71.5 Å². The van der Waals surface area contributed by atoms with E-state index >= 15 is 0 Å². The number of nitrogens with one attached hydrogen (secondary N) is 2. The minimum absolute atomic E-state index is 0.00540. The van der Waals surface area contributed by atoms with Gasteiger partial charge in [-0.1, -0.05) is 68.4 Å². The molecule has 0 unspecified atom stereocenters. The Morgan fingerprint density at radius 2 is 1.75 bits per heavy atom. The van der Waals surface area contributed by atoms with Gasteiger partial charge in [0.25, 0.3) is 0 Å². The van der Waals surface area contributed by atoms with Gasteiger partial charge in [-0.2, -0.15) is 20.3 Å². The number of amides is 2. The van der Waals surface area contributed by atoms with Crippen LogP contribution in [0.25, 0.3) is 27.8 Å². The van der Waals surface area contributed by atoms with Crippen molar-refractivity contribution in [1.82, 2.24) is 44.7 Å². The van der Waals surface area contributed by atoms with Gasteiger partial charge in [0.2, 0.25) is 11.8 Å². The van der Waals surface area contributed by atoms with E-state index in [2.05, 4.69) is 66.0 Å². The van der Waals surface area contributed by atoms with Gasteiger partial charge in [-0.05, 0) is 105 Å². The highest BCUT2D eigenvalue weighted by Gasteiger charge is 2.36. The standard InChI is InChI=1S/C56H63ClN12O6/c1-5-50(72)68-25-24-67(31-40(68)16-20-58)52-42-19-23-66(47-11-7-9-36-8-6-10-45(57)51(36)47)32-46(42)60-55(61-52)75-33-41-26-38(30-64(41)4)59-54(73)37-17-21-65(22-18-37)29-35-12-14-39(15-13-35)69-53(62-63-56(69)74)44-27-43(34(2)3)48(70)28-49(44)71/h5-15,27-28,34,37-38,40-41,70-71H,1,16-19,21-26,29-33H2,2-4H3,(H,59,73)(H,63,74)/t38-,40+,41+/m1/s1. The minimum Gasteiger partial charge on any atom is -0.508 e. The quantitative estimate of drug-likeness (QED) is 0.0857. The lowest BCUT2D eigenvalue weighted by Crippen LogP contribution is -2.55. The summed E-state index contributed by atoms with van der Waals surface area (Å²) >= 11 is 6.80. The Kier molecular flexibility index (Phi) is 14.8. The number of piperazine rings is 1. The van der Waals surface area contributed by atoms with Gasteiger partial charge in [0.1, 0.15) is 23.9 Å². The van der Waals surface area contributed by atoms with Gasteiger partial charge in [0.05, 0.1) is 47.0 Å². The molecule has 4 aliphatic rings. The average Bonchev–Trinajstić information content (AvgIpc) is 3.97. The van der Waals surface area contributed by atoms with Crippen molar-refractivity contribution in [2.75, 3.05) is 69.3 Å². The van der Waals surface area contributed by atoms with Gasteiger partial charge in [0.15, 0.2) is 5.82 Å². The van der Waals surface area contributed by atoms with Crippen LogP contribution >= 0.6 is 11.6 Å². The highest BCUT2D eigenvalue weighted by molar-refractivity contribution is 6.36. The molecule has 4 aromatic carbocycles. The van der Waals surface area contributed by atoms with Crippen LogP contribution < -0.4 is 25.5 Å². The third kappa shape index (κ3) is 10.6. The number of benzene rings is 4. The van der Waals surface area contributed by atoms with Crippen LogP contribution in [0.4, 0.5) is 11.5 Å². The van der Waals surface area contributed by atoms with Gasteiger partial charge >= 0.3 is 11.7 Å². The number of hydrogen-bond acceptors (Lipinski definition) is 14. The molecule has 10 rings (SSSR count). The molecule has 0 saturated carbocycles. The maximum Gasteiger partial charge on any atom is 0.348 e. The van der Waals surface area contributed by atoms with E-state index in [0.29, 0.717) is 80.6 Å². The topological polar surface area (TPSA) is 212 Å². The zero-order valence-electron chi connectivity index (χ0n) is 42.6. The first-order valence-electron chi connectivity index (χ1n) is 25.8. The maximum absolute atomic E-state index is 13.8. The highest BCUT2D eigenvalue weighted by Crippen LogP contribution is 2.39. The Labute approximate surface area is 440 Å². The first kappa shape index (κ1) is 51.0. The zero-order chi connectivity index (χ0) is 52.5. The summed E-state index contributed by atoms with van der Waals surface area (Å²) in [6, 6.07) is 24.9. The summed E-state index contributed by atoms with van der Waals surface area (Å²) < 4.78 is 7.94. The number of piperidine rings is 1. The normalized spacial score (nSPS) is 19.6. The fraction of sp³-hybridized carbons (Fsp3) is 0.411. The molecule has 0 aliphatic carbocycles. The maximum atomic E-state index is 13.8. The lowest BCUT2D eigenvalue weighted by Gasteiger charge is -2.42. The lowest BCUT2D eigenvalue weighted by atomic mass is 9.95. The predicted octanol–water partition coefficient (Wildman–Crippen LogP) is 6.52. The number of carbonyl (C=O) groups excluding carboxylic acids is 2. The molecule has 0 spiro atoms. The lowest BCUT2D eigenvalue weighted by molar-refractivity contribution is -0.128. The molecule has 0 bridgehead atoms. The molecule has 4 aliphatic heterocycles. The molecule has 390 valence electrons. The van der Waals surface area contributed by atoms with E-state index in [1.165, 1.54) is 16.7 Å². The molecule has 3 fully saturated rings. The summed E-state index contributed by atoms with van der Waals surface area (Å²) in [5.41, 5.74) is 5.08. The number of halogens is 1. The molecule has 19 heteroatoms. The van der Waals surface area contributed by atoms with Crippen LogP contribution in [-0.4, -0.2) is 139 Å². The molecular formula is C56H63ClN12O6. The number of H-pyrrole nitrogens is 1. The molecule has 6 aromatic rings. The van der Waals surface area contributed by atoms with Crippen molar-refractivity contribution in [3.63, 3.8) is 0 Å². The Balaban J connectivity index is 0.762. The molecule has 2 aromatic heterocycles. The molecule has 3 atom stereocenters. The number of phenols is 2. The highest BCUT2D eigenvalue weighted by atomic mass is 35.5. The SMILES string of the molecule is C=CC(=O)N1CCN(c2nc(OC[C@@H]3C[C@@H](NC(=O)C4CCN(Cc5ccc(-n6c(-c7cc(C(C)C)c(O)cc7O)n[nH]c6=O)cc5)CC4)CN3C)nc3c2CCN(c2cccc4cccc(Cl)c24)C3)C[C@@H]1CC#N. The van der Waals surface area contributed by atoms with Gasteiger partial charge in [-0.15, -0.1) is 0 Å². The number of ether oxygens (including phenoxy) is 1. The fourth-order valence-corrected chi connectivity index (χ4v) is 11.7. The number of likely N-dealkylation sites (tertiary alicyclic amines) is 2. The summed E-state index contributed by atoms with van der Waals surface area (Å²) in [6.07, 6.45) is 4.35. The summed E-state index contributed by atoms with van der Waals surface area (Å²) in [6.45, 7) is 13.4. The largest absolute Gasteiger partial charge is 0.508 e. The summed E-state index contributed by atoms with van der Waals surface area (Å²) in [4.78, 5) is 60.5. The van der Waals surface area contributed by atoms with E-state index < -0.39 is 5.69 Å².